The van der Waals surface area contributed by atoms with E-state index in [4.69, 9.17) is 4.99 Å². The van der Waals surface area contributed by atoms with Gasteiger partial charge < -0.3 is 15.5 Å². The summed E-state index contributed by atoms with van der Waals surface area (Å²) >= 11 is 1.74. The van der Waals surface area contributed by atoms with Crippen LogP contribution in [0.4, 0.5) is 5.69 Å². The summed E-state index contributed by atoms with van der Waals surface area (Å²) in [5.74, 6) is 0.899. The molecule has 3 rings (SSSR count). The number of aliphatic imine (C=N–C) groups is 1. The van der Waals surface area contributed by atoms with Crippen LogP contribution < -0.4 is 15.5 Å². The molecule has 148 valence electrons. The summed E-state index contributed by atoms with van der Waals surface area (Å²) in [5, 5.41) is 8.06. The van der Waals surface area contributed by atoms with Crippen molar-refractivity contribution in [2.75, 3.05) is 24.5 Å². The number of guanidine groups is 1. The fourth-order valence-corrected chi connectivity index (χ4v) is 4.05. The van der Waals surface area contributed by atoms with Crippen LogP contribution in [0.2, 0.25) is 0 Å². The fraction of sp³-hybridized carbons (Fsp3) is 0.500. The topological polar surface area (TPSA) is 52.6 Å². The Morgan fingerprint density at radius 3 is 2.52 bits per heavy atom. The Hall–Kier alpha value is -1.35. The van der Waals surface area contributed by atoms with Crippen LogP contribution in [-0.4, -0.2) is 36.6 Å². The van der Waals surface area contributed by atoms with Gasteiger partial charge in [0.2, 0.25) is 0 Å². The smallest absolute Gasteiger partial charge is 0.191 e. The van der Waals surface area contributed by atoms with E-state index in [-0.39, 0.29) is 24.0 Å². The Bertz CT molecular complexity index is 704. The molecule has 5 nitrogen and oxygen atoms in total. The van der Waals surface area contributed by atoms with Crippen LogP contribution >= 0.6 is 35.3 Å². The Labute approximate surface area is 183 Å². The highest BCUT2D eigenvalue weighted by molar-refractivity contribution is 14.0. The molecule has 1 aromatic heterocycles. The zero-order valence-corrected chi connectivity index (χ0v) is 19.5. The zero-order chi connectivity index (χ0) is 18.4. The number of hydrogen-bond donors (Lipinski definition) is 2. The lowest BCUT2D eigenvalue weighted by molar-refractivity contribution is 0.461. The van der Waals surface area contributed by atoms with Gasteiger partial charge in [-0.3, -0.25) is 0 Å². The molecule has 1 fully saturated rings. The number of aryl methyl sites for hydroxylation is 2. The van der Waals surface area contributed by atoms with Crippen LogP contribution in [-0.2, 0) is 6.54 Å². The molecule has 0 unspecified atom stereocenters. The van der Waals surface area contributed by atoms with E-state index < -0.39 is 0 Å². The van der Waals surface area contributed by atoms with Crippen molar-refractivity contribution < 1.29 is 0 Å². The number of halogens is 1. The monoisotopic (exact) mass is 499 g/mol. The molecule has 1 aliphatic rings. The number of nitrogens with zero attached hydrogens (tertiary/aromatic N) is 3. The molecule has 0 bridgehead atoms. The molecule has 27 heavy (non-hydrogen) atoms. The summed E-state index contributed by atoms with van der Waals surface area (Å²) in [7, 11) is 0. The standard InChI is InChI=1S/C20H29N5S.HI/c1-4-21-20(22-14-19-23-15(2)16(3)26-19)24-17-10-12-25(13-11-17)18-8-6-5-7-9-18;/h5-9,17H,4,10-14H2,1-3H3,(H2,21,22,24);1H. The maximum absolute atomic E-state index is 4.74. The molecule has 0 aliphatic carbocycles. The Morgan fingerprint density at radius 1 is 1.22 bits per heavy atom. The minimum absolute atomic E-state index is 0. The molecule has 2 N–H and O–H groups in total. The highest BCUT2D eigenvalue weighted by Gasteiger charge is 2.20. The second kappa shape index (κ2) is 10.8. The van der Waals surface area contributed by atoms with Gasteiger partial charge in [-0.2, -0.15) is 0 Å². The SMILES string of the molecule is CCNC(=NCc1nc(C)c(C)s1)NC1CCN(c2ccccc2)CC1.I. The quantitative estimate of drug-likeness (QED) is 0.370. The van der Waals surface area contributed by atoms with Crippen molar-refractivity contribution in [3.05, 3.63) is 45.9 Å². The molecule has 1 aliphatic heterocycles. The second-order valence-corrected chi connectivity index (χ2v) is 7.97. The van der Waals surface area contributed by atoms with E-state index in [1.165, 1.54) is 10.6 Å². The van der Waals surface area contributed by atoms with Gasteiger partial charge >= 0.3 is 0 Å². The predicted octanol–water partition coefficient (Wildman–Crippen LogP) is 4.10. The van der Waals surface area contributed by atoms with Gasteiger partial charge in [0.05, 0.1) is 12.2 Å². The van der Waals surface area contributed by atoms with E-state index >= 15 is 0 Å². The van der Waals surface area contributed by atoms with Gasteiger partial charge in [-0.1, -0.05) is 18.2 Å². The molecular weight excluding hydrogens is 469 g/mol. The Kier molecular flexibility index (Phi) is 8.82. The maximum Gasteiger partial charge on any atom is 0.191 e. The molecule has 1 aromatic carbocycles. The summed E-state index contributed by atoms with van der Waals surface area (Å²) in [6.45, 7) is 9.93. The molecular formula is C20H30IN5S. The largest absolute Gasteiger partial charge is 0.371 e. The molecule has 0 atom stereocenters. The number of nitrogens with one attached hydrogen (secondary N) is 2. The van der Waals surface area contributed by atoms with Gasteiger partial charge in [0.15, 0.2) is 5.96 Å². The van der Waals surface area contributed by atoms with E-state index in [0.717, 1.165) is 49.1 Å². The molecule has 2 heterocycles. The first-order valence-electron chi connectivity index (χ1n) is 9.43. The second-order valence-electron chi connectivity index (χ2n) is 6.69. The molecule has 2 aromatic rings. The number of rotatable bonds is 5. The van der Waals surface area contributed by atoms with Crippen LogP contribution in [0.25, 0.3) is 0 Å². The van der Waals surface area contributed by atoms with Crippen LogP contribution in [0.1, 0.15) is 35.3 Å². The maximum atomic E-state index is 4.74. The van der Waals surface area contributed by atoms with Gasteiger partial charge in [-0.05, 0) is 45.7 Å². The minimum atomic E-state index is 0. The third-order valence-corrected chi connectivity index (χ3v) is 5.80. The highest BCUT2D eigenvalue weighted by Crippen LogP contribution is 2.20. The van der Waals surface area contributed by atoms with Crippen LogP contribution in [0.15, 0.2) is 35.3 Å². The number of benzene rings is 1. The van der Waals surface area contributed by atoms with E-state index in [9.17, 15) is 0 Å². The average molecular weight is 499 g/mol. The first-order valence-corrected chi connectivity index (χ1v) is 10.2. The number of anilines is 1. The average Bonchev–Trinajstić information content (AvgIpc) is 2.99. The predicted molar refractivity (Wildman–Crippen MR) is 127 cm³/mol. The lowest BCUT2D eigenvalue weighted by Crippen LogP contribution is -2.48. The van der Waals surface area contributed by atoms with Crippen LogP contribution in [0.5, 0.6) is 0 Å². The molecule has 0 saturated carbocycles. The number of para-hydroxylation sites is 1. The van der Waals surface area contributed by atoms with Crippen molar-refractivity contribution in [3.8, 4) is 0 Å². The van der Waals surface area contributed by atoms with E-state index in [1.54, 1.807) is 11.3 Å². The Morgan fingerprint density at radius 2 is 1.93 bits per heavy atom. The summed E-state index contributed by atoms with van der Waals surface area (Å²) in [5.41, 5.74) is 2.44. The van der Waals surface area contributed by atoms with Gasteiger partial charge in [0, 0.05) is 36.2 Å². The summed E-state index contributed by atoms with van der Waals surface area (Å²) in [6.07, 6.45) is 2.24. The number of hydrogen-bond acceptors (Lipinski definition) is 4. The zero-order valence-electron chi connectivity index (χ0n) is 16.4. The molecule has 0 amide bonds. The van der Waals surface area contributed by atoms with Gasteiger partial charge in [0.1, 0.15) is 5.01 Å². The summed E-state index contributed by atoms with van der Waals surface area (Å²) in [4.78, 5) is 13.1. The van der Waals surface area contributed by atoms with E-state index in [1.807, 2.05) is 0 Å². The number of piperidine rings is 1. The summed E-state index contributed by atoms with van der Waals surface area (Å²) in [6, 6.07) is 11.1. The molecule has 0 spiro atoms. The summed E-state index contributed by atoms with van der Waals surface area (Å²) < 4.78 is 0. The lowest BCUT2D eigenvalue weighted by atomic mass is 10.0. The molecule has 7 heteroatoms. The van der Waals surface area contributed by atoms with Crippen molar-refractivity contribution in [1.29, 1.82) is 0 Å². The van der Waals surface area contributed by atoms with Crippen molar-refractivity contribution in [3.63, 3.8) is 0 Å². The highest BCUT2D eigenvalue weighted by atomic mass is 127. The number of thiazole rings is 1. The molecule has 0 radical (unpaired) electrons. The van der Waals surface area contributed by atoms with Crippen LogP contribution in [0, 0.1) is 13.8 Å². The van der Waals surface area contributed by atoms with Gasteiger partial charge in [0.25, 0.3) is 0 Å². The fourth-order valence-electron chi connectivity index (χ4n) is 3.19. The third kappa shape index (κ3) is 6.34. The van der Waals surface area contributed by atoms with Gasteiger partial charge in [-0.15, -0.1) is 35.3 Å². The van der Waals surface area contributed by atoms with Gasteiger partial charge in [-0.25, -0.2) is 9.98 Å². The van der Waals surface area contributed by atoms with Crippen molar-refractivity contribution in [2.45, 2.75) is 46.2 Å². The van der Waals surface area contributed by atoms with E-state index in [2.05, 4.69) is 71.6 Å². The third-order valence-electron chi connectivity index (χ3n) is 4.75. The number of aromatic nitrogens is 1. The van der Waals surface area contributed by atoms with Crippen molar-refractivity contribution >= 4 is 47.0 Å². The lowest BCUT2D eigenvalue weighted by Gasteiger charge is -2.34. The first kappa shape index (κ1) is 21.9. The van der Waals surface area contributed by atoms with Crippen molar-refractivity contribution in [1.82, 2.24) is 15.6 Å². The Balaban J connectivity index is 0.00000261. The minimum Gasteiger partial charge on any atom is -0.371 e. The van der Waals surface area contributed by atoms with Crippen molar-refractivity contribution in [2.24, 2.45) is 4.99 Å². The molecule has 1 saturated heterocycles. The van der Waals surface area contributed by atoms with E-state index in [0.29, 0.717) is 12.6 Å². The first-order chi connectivity index (χ1) is 12.7. The normalized spacial score (nSPS) is 15.4. The van der Waals surface area contributed by atoms with Crippen LogP contribution in [0.3, 0.4) is 0 Å².